The van der Waals surface area contributed by atoms with E-state index in [1.807, 2.05) is 0 Å². The van der Waals surface area contributed by atoms with Crippen LogP contribution >= 0.6 is 11.3 Å². The number of carbonyl (C=O) groups is 1. The Morgan fingerprint density at radius 1 is 1.27 bits per heavy atom. The van der Waals surface area contributed by atoms with Crippen molar-refractivity contribution in [2.24, 2.45) is 16.6 Å². The van der Waals surface area contributed by atoms with Gasteiger partial charge in [-0.1, -0.05) is 17.3 Å². The van der Waals surface area contributed by atoms with Gasteiger partial charge in [-0.15, -0.1) is 10.2 Å². The number of nitrogens with zero attached hydrogens (tertiary/aromatic N) is 4. The van der Waals surface area contributed by atoms with Gasteiger partial charge in [0.15, 0.2) is 5.01 Å². The van der Waals surface area contributed by atoms with Gasteiger partial charge in [0, 0.05) is 30.3 Å². The number of pyridine rings is 1. The molecule has 1 aromatic carbocycles. The number of aliphatic imine (C=N–C) groups is 1. The number of amides is 1. The number of rotatable bonds is 6. The second-order valence-electron chi connectivity index (χ2n) is 7.91. The summed E-state index contributed by atoms with van der Waals surface area (Å²) in [5, 5.41) is 11.2. The molecule has 0 bridgehead atoms. The molecule has 1 aliphatic carbocycles. The molecule has 8 nitrogen and oxygen atoms in total. The molecule has 0 saturated heterocycles. The number of allylic oxidation sites excluding steroid dienone is 1. The molecule has 1 saturated carbocycles. The molecule has 4 rings (SSSR count). The Hall–Kier alpha value is -4.24. The summed E-state index contributed by atoms with van der Waals surface area (Å²) in [4.78, 5) is 21.7. The van der Waals surface area contributed by atoms with Crippen molar-refractivity contribution in [1.29, 1.82) is 0 Å². The maximum Gasteiger partial charge on any atom is 0.416 e. The molecule has 2 aromatic heterocycles. The van der Waals surface area contributed by atoms with E-state index in [1.165, 1.54) is 44.8 Å². The molecule has 3 N–H and O–H groups in total. The van der Waals surface area contributed by atoms with Gasteiger partial charge in [0.25, 0.3) is 5.91 Å². The third-order valence-corrected chi connectivity index (χ3v) is 6.08. The van der Waals surface area contributed by atoms with E-state index in [0.717, 1.165) is 36.3 Å². The van der Waals surface area contributed by atoms with E-state index in [0.29, 0.717) is 22.3 Å². The molecule has 1 amide bonds. The first-order valence-corrected chi connectivity index (χ1v) is 11.8. The van der Waals surface area contributed by atoms with Crippen molar-refractivity contribution in [3.63, 3.8) is 0 Å². The van der Waals surface area contributed by atoms with E-state index >= 15 is 0 Å². The summed E-state index contributed by atoms with van der Waals surface area (Å²) in [5.74, 6) is 5.87. The zero-order chi connectivity index (χ0) is 26.6. The van der Waals surface area contributed by atoms with Gasteiger partial charge < -0.3 is 10.5 Å². The highest BCUT2D eigenvalue weighted by atomic mass is 32.1. The molecule has 0 aliphatic heterocycles. The summed E-state index contributed by atoms with van der Waals surface area (Å²) in [7, 11) is 2.84. The van der Waals surface area contributed by atoms with Gasteiger partial charge in [0.1, 0.15) is 5.75 Å². The summed E-state index contributed by atoms with van der Waals surface area (Å²) in [6.07, 6.45) is 1.51. The average molecular weight is 527 g/mol. The van der Waals surface area contributed by atoms with Gasteiger partial charge in [0.2, 0.25) is 5.13 Å². The van der Waals surface area contributed by atoms with Crippen LogP contribution in [0.4, 0.5) is 18.3 Å². The summed E-state index contributed by atoms with van der Waals surface area (Å²) >= 11 is 1.10. The van der Waals surface area contributed by atoms with Crippen LogP contribution in [0.1, 0.15) is 39.5 Å². The molecule has 3 aromatic rings. The van der Waals surface area contributed by atoms with Crippen molar-refractivity contribution in [2.75, 3.05) is 19.5 Å². The monoisotopic (exact) mass is 526 g/mol. The van der Waals surface area contributed by atoms with Crippen LogP contribution in [0.3, 0.4) is 0 Å². The molecular weight excluding hydrogens is 505 g/mol. The number of carbonyl (C=O) groups excluding carboxylic acids is 1. The predicted octanol–water partition coefficient (Wildman–Crippen LogP) is 4.53. The van der Waals surface area contributed by atoms with Gasteiger partial charge in [-0.2, -0.15) is 13.2 Å². The molecule has 0 unspecified atom stereocenters. The second kappa shape index (κ2) is 10.8. The Labute approximate surface area is 214 Å². The van der Waals surface area contributed by atoms with Gasteiger partial charge in [-0.3, -0.25) is 20.1 Å². The smallest absolute Gasteiger partial charge is 0.416 e. The molecule has 2 heterocycles. The zero-order valence-electron chi connectivity index (χ0n) is 19.8. The number of hydrogen-bond donors (Lipinski definition) is 2. The van der Waals surface area contributed by atoms with Crippen LogP contribution in [0, 0.1) is 17.8 Å². The van der Waals surface area contributed by atoms with Crippen LogP contribution in [-0.4, -0.2) is 41.0 Å². The number of nitrogens with one attached hydrogen (secondary N) is 1. The van der Waals surface area contributed by atoms with Crippen molar-refractivity contribution in [1.82, 2.24) is 15.2 Å². The molecule has 0 spiro atoms. The number of anilines is 1. The number of hydrogen-bond acceptors (Lipinski definition) is 8. The standard InChI is InChI=1S/C25H21F3N6O2S/c1-30-19(9-10-29)20-12-16(17-11-15(25(26,27)28)6-7-21(17)36-2)18(13-31-20)23(35)32-24-34-33-22(37-24)8-5-14-3-4-14/h6-7,9-14H,3-4,29H2,1-2H3,(H,32,34,35)/b10-9-,30-19?. The number of aromatic nitrogens is 3. The van der Waals surface area contributed by atoms with Gasteiger partial charge in [0.05, 0.1) is 29.6 Å². The quantitative estimate of drug-likeness (QED) is 0.360. The summed E-state index contributed by atoms with van der Waals surface area (Å²) in [5.41, 5.74) is 5.44. The SMILES string of the molecule is CN=C(/C=C\N)c1cc(-c2cc(C(F)(F)F)ccc2OC)c(C(=O)Nc2nnc(C#CC3CC3)s2)cn1. The van der Waals surface area contributed by atoms with Crippen LogP contribution in [-0.2, 0) is 6.18 Å². The highest BCUT2D eigenvalue weighted by Gasteiger charge is 2.32. The fourth-order valence-corrected chi connectivity index (χ4v) is 3.94. The summed E-state index contributed by atoms with van der Waals surface area (Å²) < 4.78 is 46.0. The first-order chi connectivity index (χ1) is 17.7. The Morgan fingerprint density at radius 3 is 2.70 bits per heavy atom. The summed E-state index contributed by atoms with van der Waals surface area (Å²) in [6.45, 7) is 0. The van der Waals surface area contributed by atoms with Crippen molar-refractivity contribution < 1.29 is 22.7 Å². The molecule has 12 heteroatoms. The topological polar surface area (TPSA) is 115 Å². The lowest BCUT2D eigenvalue weighted by Crippen LogP contribution is -2.15. The lowest BCUT2D eigenvalue weighted by molar-refractivity contribution is -0.137. The van der Waals surface area contributed by atoms with E-state index in [2.05, 4.69) is 37.3 Å². The number of ether oxygens (including phenoxy) is 1. The van der Waals surface area contributed by atoms with Crippen LogP contribution in [0.5, 0.6) is 5.75 Å². The average Bonchev–Trinajstić information content (AvgIpc) is 3.62. The number of benzene rings is 1. The largest absolute Gasteiger partial charge is 0.496 e. The maximum atomic E-state index is 13.5. The minimum Gasteiger partial charge on any atom is -0.496 e. The third kappa shape index (κ3) is 6.13. The van der Waals surface area contributed by atoms with Crippen LogP contribution in [0.25, 0.3) is 11.1 Å². The lowest BCUT2D eigenvalue weighted by atomic mass is 9.96. The van der Waals surface area contributed by atoms with Gasteiger partial charge >= 0.3 is 6.18 Å². The van der Waals surface area contributed by atoms with E-state index in [1.54, 1.807) is 0 Å². The normalized spacial score (nSPS) is 13.8. The van der Waals surface area contributed by atoms with Crippen molar-refractivity contribution >= 4 is 28.1 Å². The van der Waals surface area contributed by atoms with E-state index in [9.17, 15) is 18.0 Å². The molecule has 1 fully saturated rings. The van der Waals surface area contributed by atoms with E-state index < -0.39 is 17.6 Å². The van der Waals surface area contributed by atoms with Crippen LogP contribution in [0.2, 0.25) is 0 Å². The molecule has 0 radical (unpaired) electrons. The molecule has 1 aliphatic rings. The van der Waals surface area contributed by atoms with E-state index in [4.69, 9.17) is 10.5 Å². The van der Waals surface area contributed by atoms with E-state index in [-0.39, 0.29) is 27.6 Å². The molecule has 37 heavy (non-hydrogen) atoms. The third-order valence-electron chi connectivity index (χ3n) is 5.33. The number of nitrogens with two attached hydrogens (primary N) is 1. The zero-order valence-corrected chi connectivity index (χ0v) is 20.6. The Kier molecular flexibility index (Phi) is 7.54. The Bertz CT molecular complexity index is 1450. The lowest BCUT2D eigenvalue weighted by Gasteiger charge is -2.16. The summed E-state index contributed by atoms with van der Waals surface area (Å²) in [6, 6.07) is 4.49. The highest BCUT2D eigenvalue weighted by molar-refractivity contribution is 7.15. The van der Waals surface area contributed by atoms with Crippen molar-refractivity contribution in [2.45, 2.75) is 19.0 Å². The van der Waals surface area contributed by atoms with Crippen LogP contribution < -0.4 is 15.8 Å². The number of methoxy groups -OCH3 is 1. The first-order valence-electron chi connectivity index (χ1n) is 11.0. The minimum atomic E-state index is -4.61. The fraction of sp³-hybridized carbons (Fsp3) is 0.240. The fourth-order valence-electron chi connectivity index (χ4n) is 3.34. The first kappa shape index (κ1) is 25.8. The molecular formula is C25H21F3N6O2S. The van der Waals surface area contributed by atoms with Crippen LogP contribution in [0.15, 0.2) is 47.7 Å². The Balaban J connectivity index is 1.79. The van der Waals surface area contributed by atoms with Gasteiger partial charge in [-0.05, 0) is 55.3 Å². The van der Waals surface area contributed by atoms with Gasteiger partial charge in [-0.25, -0.2) is 0 Å². The maximum absolute atomic E-state index is 13.5. The van der Waals surface area contributed by atoms with Crippen molar-refractivity contribution in [3.05, 3.63) is 64.6 Å². The van der Waals surface area contributed by atoms with Crippen molar-refractivity contribution in [3.8, 4) is 28.7 Å². The predicted molar refractivity (Wildman–Crippen MR) is 134 cm³/mol. The molecule has 190 valence electrons. The highest BCUT2D eigenvalue weighted by Crippen LogP contribution is 2.39. The minimum absolute atomic E-state index is 0.00521. The number of halogens is 3. The number of alkyl halides is 3. The Morgan fingerprint density at radius 2 is 2.05 bits per heavy atom. The second-order valence-corrected chi connectivity index (χ2v) is 8.88. The molecule has 0 atom stereocenters.